The Morgan fingerprint density at radius 2 is 2.35 bits per heavy atom. The number of aromatic nitrogens is 2. The molecule has 1 aliphatic rings. The molecule has 0 aliphatic carbocycles. The number of hydrogen-bond donors (Lipinski definition) is 1. The van der Waals surface area contributed by atoms with Gasteiger partial charge in [0.2, 0.25) is 5.89 Å². The van der Waals surface area contributed by atoms with Crippen LogP contribution in [0.1, 0.15) is 44.8 Å². The van der Waals surface area contributed by atoms with Crippen molar-refractivity contribution in [2.45, 2.75) is 52.0 Å². The predicted molar refractivity (Wildman–Crippen MR) is 73.4 cm³/mol. The minimum Gasteiger partial charge on any atom is -0.481 e. The molecule has 20 heavy (non-hydrogen) atoms. The molecule has 6 nitrogen and oxygen atoms in total. The average Bonchev–Trinajstić information content (AvgIpc) is 2.84. The number of likely N-dealkylation sites (tertiary alicyclic amines) is 1. The summed E-state index contributed by atoms with van der Waals surface area (Å²) in [5.74, 6) is 0.857. The van der Waals surface area contributed by atoms with E-state index in [0.29, 0.717) is 30.1 Å². The number of piperidine rings is 1. The van der Waals surface area contributed by atoms with Crippen molar-refractivity contribution < 1.29 is 14.4 Å². The van der Waals surface area contributed by atoms with E-state index in [-0.39, 0.29) is 6.42 Å². The van der Waals surface area contributed by atoms with Gasteiger partial charge < -0.3 is 14.5 Å². The van der Waals surface area contributed by atoms with E-state index in [1.165, 1.54) is 19.4 Å². The molecule has 1 saturated heterocycles. The van der Waals surface area contributed by atoms with Gasteiger partial charge in [0.05, 0.1) is 6.42 Å². The Bertz CT molecular complexity index is 445. The molecule has 1 aromatic rings. The molecule has 112 valence electrons. The standard InChI is InChI=1S/C14H23N3O3/c1-10(2)17-7-3-4-11(9-17)8-13-15-12(16-20-13)5-6-14(18)19/h10-11H,3-9H2,1-2H3,(H,18,19). The third kappa shape index (κ3) is 4.30. The van der Waals surface area contributed by atoms with Crippen LogP contribution in [0.2, 0.25) is 0 Å². The molecule has 0 aromatic carbocycles. The van der Waals surface area contributed by atoms with Gasteiger partial charge in [0.15, 0.2) is 5.82 Å². The molecular formula is C14H23N3O3. The number of aliphatic carboxylic acids is 1. The van der Waals surface area contributed by atoms with Crippen LogP contribution in [-0.2, 0) is 17.6 Å². The Labute approximate surface area is 119 Å². The van der Waals surface area contributed by atoms with Gasteiger partial charge in [-0.2, -0.15) is 4.98 Å². The number of hydrogen-bond acceptors (Lipinski definition) is 5. The first-order valence-electron chi connectivity index (χ1n) is 7.32. The largest absolute Gasteiger partial charge is 0.481 e. The Kier molecular flexibility index (Phi) is 5.11. The van der Waals surface area contributed by atoms with Crippen LogP contribution < -0.4 is 0 Å². The summed E-state index contributed by atoms with van der Waals surface area (Å²) in [6.07, 6.45) is 3.58. The van der Waals surface area contributed by atoms with Crippen LogP contribution in [0.4, 0.5) is 0 Å². The maximum Gasteiger partial charge on any atom is 0.303 e. The lowest BCUT2D eigenvalue weighted by atomic mass is 9.94. The van der Waals surface area contributed by atoms with E-state index in [9.17, 15) is 4.79 Å². The van der Waals surface area contributed by atoms with E-state index in [0.717, 1.165) is 13.0 Å². The summed E-state index contributed by atoms with van der Waals surface area (Å²) in [7, 11) is 0. The van der Waals surface area contributed by atoms with Crippen molar-refractivity contribution in [1.82, 2.24) is 15.0 Å². The molecule has 0 spiro atoms. The Balaban J connectivity index is 1.85. The quantitative estimate of drug-likeness (QED) is 0.855. The third-order valence-electron chi connectivity index (χ3n) is 3.82. The predicted octanol–water partition coefficient (Wildman–Crippen LogP) is 1.75. The van der Waals surface area contributed by atoms with E-state index < -0.39 is 5.97 Å². The second kappa shape index (κ2) is 6.83. The van der Waals surface area contributed by atoms with E-state index in [2.05, 4.69) is 28.9 Å². The topological polar surface area (TPSA) is 79.5 Å². The fourth-order valence-electron chi connectivity index (χ4n) is 2.67. The first-order valence-corrected chi connectivity index (χ1v) is 7.32. The van der Waals surface area contributed by atoms with Crippen molar-refractivity contribution in [2.24, 2.45) is 5.92 Å². The van der Waals surface area contributed by atoms with Crippen LogP contribution in [0.3, 0.4) is 0 Å². The summed E-state index contributed by atoms with van der Waals surface area (Å²) in [6.45, 7) is 6.69. The second-order valence-electron chi connectivity index (χ2n) is 5.80. The van der Waals surface area contributed by atoms with Crippen molar-refractivity contribution in [2.75, 3.05) is 13.1 Å². The van der Waals surface area contributed by atoms with Gasteiger partial charge in [0.1, 0.15) is 0 Å². The Hall–Kier alpha value is -1.43. The van der Waals surface area contributed by atoms with Crippen LogP contribution in [0.15, 0.2) is 4.52 Å². The van der Waals surface area contributed by atoms with Crippen LogP contribution >= 0.6 is 0 Å². The van der Waals surface area contributed by atoms with Crippen molar-refractivity contribution in [3.8, 4) is 0 Å². The minimum absolute atomic E-state index is 0.0452. The lowest BCUT2D eigenvalue weighted by Gasteiger charge is -2.34. The fourth-order valence-corrected chi connectivity index (χ4v) is 2.67. The van der Waals surface area contributed by atoms with Crippen LogP contribution in [0, 0.1) is 5.92 Å². The van der Waals surface area contributed by atoms with Crippen molar-refractivity contribution >= 4 is 5.97 Å². The molecule has 0 radical (unpaired) electrons. The Morgan fingerprint density at radius 1 is 1.55 bits per heavy atom. The average molecular weight is 281 g/mol. The molecule has 0 bridgehead atoms. The zero-order valence-corrected chi connectivity index (χ0v) is 12.2. The molecule has 1 aliphatic heterocycles. The highest BCUT2D eigenvalue weighted by Gasteiger charge is 2.23. The summed E-state index contributed by atoms with van der Waals surface area (Å²) < 4.78 is 5.22. The third-order valence-corrected chi connectivity index (χ3v) is 3.82. The number of nitrogens with zero attached hydrogens (tertiary/aromatic N) is 3. The Morgan fingerprint density at radius 3 is 3.05 bits per heavy atom. The monoisotopic (exact) mass is 281 g/mol. The highest BCUT2D eigenvalue weighted by Crippen LogP contribution is 2.21. The van der Waals surface area contributed by atoms with Gasteiger partial charge in [-0.05, 0) is 39.2 Å². The van der Waals surface area contributed by atoms with Crippen molar-refractivity contribution in [3.63, 3.8) is 0 Å². The lowest BCUT2D eigenvalue weighted by molar-refractivity contribution is -0.137. The normalized spacial score (nSPS) is 20.4. The molecular weight excluding hydrogens is 258 g/mol. The lowest BCUT2D eigenvalue weighted by Crippen LogP contribution is -2.40. The molecule has 1 atom stereocenters. The summed E-state index contributed by atoms with van der Waals surface area (Å²) in [6, 6.07) is 0.576. The van der Waals surface area contributed by atoms with Gasteiger partial charge >= 0.3 is 5.97 Å². The number of aryl methyl sites for hydroxylation is 1. The number of carbonyl (C=O) groups is 1. The number of rotatable bonds is 6. The molecule has 1 unspecified atom stereocenters. The van der Waals surface area contributed by atoms with Gasteiger partial charge in [-0.15, -0.1) is 0 Å². The molecule has 2 rings (SSSR count). The van der Waals surface area contributed by atoms with Gasteiger partial charge in [-0.3, -0.25) is 4.79 Å². The second-order valence-corrected chi connectivity index (χ2v) is 5.80. The van der Waals surface area contributed by atoms with E-state index in [1.54, 1.807) is 0 Å². The first kappa shape index (κ1) is 15.0. The zero-order valence-electron chi connectivity index (χ0n) is 12.2. The minimum atomic E-state index is -0.837. The summed E-state index contributed by atoms with van der Waals surface area (Å²) in [4.78, 5) is 17.3. The van der Waals surface area contributed by atoms with E-state index in [1.807, 2.05) is 0 Å². The zero-order chi connectivity index (χ0) is 14.5. The molecule has 1 aromatic heterocycles. The fraction of sp³-hybridized carbons (Fsp3) is 0.786. The SMILES string of the molecule is CC(C)N1CCCC(Cc2nc(CCC(=O)O)no2)C1. The van der Waals surface area contributed by atoms with E-state index >= 15 is 0 Å². The first-order chi connectivity index (χ1) is 9.54. The molecule has 0 saturated carbocycles. The van der Waals surface area contributed by atoms with Crippen LogP contribution in [-0.4, -0.2) is 45.2 Å². The summed E-state index contributed by atoms with van der Waals surface area (Å²) in [5, 5.41) is 12.5. The summed E-state index contributed by atoms with van der Waals surface area (Å²) in [5.41, 5.74) is 0. The molecule has 1 N–H and O–H groups in total. The van der Waals surface area contributed by atoms with Gasteiger partial charge in [-0.25, -0.2) is 0 Å². The molecule has 1 fully saturated rings. The molecule has 2 heterocycles. The maximum atomic E-state index is 10.5. The smallest absolute Gasteiger partial charge is 0.303 e. The van der Waals surface area contributed by atoms with Gasteiger partial charge in [0, 0.05) is 25.4 Å². The number of carboxylic acid groups (broad SMARTS) is 1. The van der Waals surface area contributed by atoms with Gasteiger partial charge in [0.25, 0.3) is 0 Å². The highest BCUT2D eigenvalue weighted by molar-refractivity contribution is 5.66. The maximum absolute atomic E-state index is 10.5. The van der Waals surface area contributed by atoms with Crippen molar-refractivity contribution in [1.29, 1.82) is 0 Å². The van der Waals surface area contributed by atoms with Crippen LogP contribution in [0.25, 0.3) is 0 Å². The van der Waals surface area contributed by atoms with Crippen molar-refractivity contribution in [3.05, 3.63) is 11.7 Å². The van der Waals surface area contributed by atoms with Gasteiger partial charge in [-0.1, -0.05) is 5.16 Å². The van der Waals surface area contributed by atoms with Crippen LogP contribution in [0.5, 0.6) is 0 Å². The number of carboxylic acids is 1. The highest BCUT2D eigenvalue weighted by atomic mass is 16.5. The van der Waals surface area contributed by atoms with E-state index in [4.69, 9.17) is 9.63 Å². The molecule has 6 heteroatoms. The molecule has 0 amide bonds. The summed E-state index contributed by atoms with van der Waals surface area (Å²) >= 11 is 0.